The van der Waals surface area contributed by atoms with Crippen LogP contribution in [0.4, 0.5) is 5.69 Å². The van der Waals surface area contributed by atoms with Crippen LogP contribution in [0.3, 0.4) is 0 Å². The number of benzene rings is 1. The standard InChI is InChI=1S/C9H6IN3O3/c1-5-2-3-6(13(14)15)4-7(5)8-11-12-9(10)16-8/h2-4H,1H3. The summed E-state index contributed by atoms with van der Waals surface area (Å²) in [5, 5.41) is 18.1. The maximum atomic E-state index is 10.6. The molecule has 2 rings (SSSR count). The molecule has 0 fully saturated rings. The number of halogens is 1. The van der Waals surface area contributed by atoms with Gasteiger partial charge in [-0.15, -0.1) is 10.2 Å². The van der Waals surface area contributed by atoms with Crippen molar-refractivity contribution in [2.75, 3.05) is 0 Å². The van der Waals surface area contributed by atoms with Crippen molar-refractivity contribution in [3.8, 4) is 11.5 Å². The van der Waals surface area contributed by atoms with Crippen LogP contribution in [0, 0.1) is 20.9 Å². The smallest absolute Gasteiger partial charge is 0.278 e. The zero-order chi connectivity index (χ0) is 11.7. The molecule has 0 saturated carbocycles. The number of nitro groups is 1. The number of hydrogen-bond donors (Lipinski definition) is 0. The number of nitro benzene ring substituents is 1. The summed E-state index contributed by atoms with van der Waals surface area (Å²) < 4.78 is 5.63. The normalized spacial score (nSPS) is 10.4. The monoisotopic (exact) mass is 331 g/mol. The van der Waals surface area contributed by atoms with E-state index in [1.165, 1.54) is 12.1 Å². The van der Waals surface area contributed by atoms with E-state index >= 15 is 0 Å². The van der Waals surface area contributed by atoms with Gasteiger partial charge in [-0.25, -0.2) is 0 Å². The first kappa shape index (κ1) is 11.0. The van der Waals surface area contributed by atoms with Gasteiger partial charge in [0.2, 0.25) is 5.89 Å². The van der Waals surface area contributed by atoms with E-state index in [0.29, 0.717) is 15.4 Å². The highest BCUT2D eigenvalue weighted by Crippen LogP contribution is 2.26. The minimum Gasteiger partial charge on any atom is -0.412 e. The van der Waals surface area contributed by atoms with Crippen molar-refractivity contribution in [2.45, 2.75) is 6.92 Å². The van der Waals surface area contributed by atoms with Gasteiger partial charge in [-0.1, -0.05) is 6.07 Å². The van der Waals surface area contributed by atoms with E-state index in [9.17, 15) is 10.1 Å². The first-order chi connectivity index (χ1) is 7.58. The third kappa shape index (κ3) is 2.03. The van der Waals surface area contributed by atoms with Crippen molar-refractivity contribution in [3.63, 3.8) is 0 Å². The fourth-order valence-electron chi connectivity index (χ4n) is 1.27. The van der Waals surface area contributed by atoms with Crippen molar-refractivity contribution in [3.05, 3.63) is 37.8 Å². The van der Waals surface area contributed by atoms with Crippen LogP contribution in [-0.4, -0.2) is 15.1 Å². The Kier molecular flexibility index (Phi) is 2.86. The van der Waals surface area contributed by atoms with Crippen LogP contribution in [0.2, 0.25) is 0 Å². The van der Waals surface area contributed by atoms with Crippen LogP contribution in [0.15, 0.2) is 22.6 Å². The summed E-state index contributed by atoms with van der Waals surface area (Å²) in [5.74, 6) is 0.297. The highest BCUT2D eigenvalue weighted by molar-refractivity contribution is 14.1. The van der Waals surface area contributed by atoms with Gasteiger partial charge in [-0.3, -0.25) is 10.1 Å². The van der Waals surface area contributed by atoms with E-state index in [1.807, 2.05) is 29.5 Å². The lowest BCUT2D eigenvalue weighted by molar-refractivity contribution is -0.384. The molecule has 82 valence electrons. The molecule has 6 nitrogen and oxygen atoms in total. The molecule has 0 saturated heterocycles. The summed E-state index contributed by atoms with van der Waals surface area (Å²) in [6.45, 7) is 1.83. The van der Waals surface area contributed by atoms with E-state index in [1.54, 1.807) is 6.07 Å². The van der Waals surface area contributed by atoms with Crippen molar-refractivity contribution < 1.29 is 9.34 Å². The molecule has 7 heteroatoms. The van der Waals surface area contributed by atoms with Crippen molar-refractivity contribution in [1.82, 2.24) is 10.2 Å². The highest BCUT2D eigenvalue weighted by atomic mass is 127. The summed E-state index contributed by atoms with van der Waals surface area (Å²) in [6.07, 6.45) is 0. The van der Waals surface area contributed by atoms with Gasteiger partial charge in [-0.05, 0) is 12.5 Å². The molecule has 0 spiro atoms. The molecule has 0 atom stereocenters. The highest BCUT2D eigenvalue weighted by Gasteiger charge is 2.14. The third-order valence-electron chi connectivity index (χ3n) is 2.06. The zero-order valence-corrected chi connectivity index (χ0v) is 10.3. The van der Waals surface area contributed by atoms with Crippen LogP contribution in [0.5, 0.6) is 0 Å². The Morgan fingerprint density at radius 1 is 1.44 bits per heavy atom. The summed E-state index contributed by atoms with van der Waals surface area (Å²) in [4.78, 5) is 10.2. The number of nitrogens with zero attached hydrogens (tertiary/aromatic N) is 3. The SMILES string of the molecule is Cc1ccc([N+](=O)[O-])cc1-c1nnc(I)o1. The van der Waals surface area contributed by atoms with Gasteiger partial charge < -0.3 is 4.42 Å². The Morgan fingerprint density at radius 3 is 2.75 bits per heavy atom. The van der Waals surface area contributed by atoms with E-state index < -0.39 is 4.92 Å². The first-order valence-corrected chi connectivity index (χ1v) is 5.40. The Morgan fingerprint density at radius 2 is 2.19 bits per heavy atom. The van der Waals surface area contributed by atoms with Crippen LogP contribution < -0.4 is 0 Å². The number of hydrogen-bond acceptors (Lipinski definition) is 5. The summed E-state index contributed by atoms with van der Waals surface area (Å²) in [6, 6.07) is 4.53. The first-order valence-electron chi connectivity index (χ1n) is 4.32. The lowest BCUT2D eigenvalue weighted by Gasteiger charge is -1.99. The number of rotatable bonds is 2. The molecule has 1 heterocycles. The number of aromatic nitrogens is 2. The molecule has 1 aromatic carbocycles. The average Bonchev–Trinajstić information content (AvgIpc) is 2.65. The third-order valence-corrected chi connectivity index (χ3v) is 2.50. The second kappa shape index (κ2) is 4.16. The van der Waals surface area contributed by atoms with E-state index in [2.05, 4.69) is 10.2 Å². The van der Waals surface area contributed by atoms with Gasteiger partial charge in [0.15, 0.2) is 0 Å². The average molecular weight is 331 g/mol. The summed E-state index contributed by atoms with van der Waals surface area (Å²) in [5.41, 5.74) is 1.45. The number of aryl methyl sites for hydroxylation is 1. The van der Waals surface area contributed by atoms with Crippen molar-refractivity contribution in [1.29, 1.82) is 0 Å². The quantitative estimate of drug-likeness (QED) is 0.480. The topological polar surface area (TPSA) is 82.1 Å². The predicted octanol–water partition coefficient (Wildman–Crippen LogP) is 2.56. The molecule has 0 aliphatic carbocycles. The molecule has 0 aliphatic heterocycles. The lowest BCUT2D eigenvalue weighted by Crippen LogP contribution is -1.90. The van der Waals surface area contributed by atoms with Crippen LogP contribution in [-0.2, 0) is 0 Å². The molecule has 16 heavy (non-hydrogen) atoms. The largest absolute Gasteiger partial charge is 0.412 e. The molecule has 0 N–H and O–H groups in total. The maximum absolute atomic E-state index is 10.6. The maximum Gasteiger partial charge on any atom is 0.278 e. The Balaban J connectivity index is 2.55. The minimum atomic E-state index is -0.454. The molecule has 0 amide bonds. The fraction of sp³-hybridized carbons (Fsp3) is 0.111. The molecule has 0 aliphatic rings. The molecular formula is C9H6IN3O3. The molecule has 1 aromatic heterocycles. The van der Waals surface area contributed by atoms with Gasteiger partial charge >= 0.3 is 0 Å². The zero-order valence-electron chi connectivity index (χ0n) is 8.18. The number of non-ortho nitro benzene ring substituents is 1. The second-order valence-electron chi connectivity index (χ2n) is 3.12. The van der Waals surface area contributed by atoms with Crippen molar-refractivity contribution >= 4 is 28.3 Å². The van der Waals surface area contributed by atoms with Crippen molar-refractivity contribution in [2.24, 2.45) is 0 Å². The minimum absolute atomic E-state index is 0.00816. The molecule has 2 aromatic rings. The van der Waals surface area contributed by atoms with Gasteiger partial charge in [0.05, 0.1) is 4.92 Å². The summed E-state index contributed by atoms with van der Waals surface area (Å²) in [7, 11) is 0. The fourth-order valence-corrected chi connectivity index (χ4v) is 1.58. The molecule has 0 unspecified atom stereocenters. The molecular weight excluding hydrogens is 325 g/mol. The van der Waals surface area contributed by atoms with Gasteiger partial charge in [-0.2, -0.15) is 0 Å². The van der Waals surface area contributed by atoms with E-state index in [4.69, 9.17) is 4.42 Å². The second-order valence-corrected chi connectivity index (χ2v) is 4.04. The van der Waals surface area contributed by atoms with Crippen LogP contribution >= 0.6 is 22.6 Å². The molecule has 0 bridgehead atoms. The van der Waals surface area contributed by atoms with Crippen LogP contribution in [0.1, 0.15) is 5.56 Å². The lowest BCUT2D eigenvalue weighted by atomic mass is 10.1. The van der Waals surface area contributed by atoms with Gasteiger partial charge in [0, 0.05) is 40.3 Å². The van der Waals surface area contributed by atoms with Gasteiger partial charge in [0.1, 0.15) is 0 Å². The Bertz CT molecular complexity index is 553. The Labute approximate surface area is 104 Å². The van der Waals surface area contributed by atoms with E-state index in [0.717, 1.165) is 5.56 Å². The van der Waals surface area contributed by atoms with E-state index in [-0.39, 0.29) is 5.69 Å². The summed E-state index contributed by atoms with van der Waals surface area (Å²) >= 11 is 1.89. The van der Waals surface area contributed by atoms with Crippen LogP contribution in [0.25, 0.3) is 11.5 Å². The predicted molar refractivity (Wildman–Crippen MR) is 63.8 cm³/mol. The molecule has 0 radical (unpaired) electrons. The Hall–Kier alpha value is -1.51. The van der Waals surface area contributed by atoms with Gasteiger partial charge in [0.25, 0.3) is 9.58 Å².